The summed E-state index contributed by atoms with van der Waals surface area (Å²) in [7, 11) is -3.89. The van der Waals surface area contributed by atoms with Crippen molar-refractivity contribution in [2.24, 2.45) is 5.92 Å². The average molecular weight is 728 g/mol. The fraction of sp³-hybridized carbons (Fsp3) is 0.571. The molecule has 4 N–H and O–H groups in total. The molecule has 1 aromatic heterocycles. The Bertz CT molecular complexity index is 1780. The van der Waals surface area contributed by atoms with Crippen LogP contribution in [-0.2, 0) is 29.1 Å². The first-order valence-electron chi connectivity index (χ1n) is 17.3. The molecule has 3 heterocycles. The zero-order chi connectivity index (χ0) is 35.8. The number of fused-ring (bicyclic) bond motifs is 3. The standard InChI is InChI=1S/C35H45N5O8S2/c1-34(2,3)48-33(45)37-25-13-8-6-4-5-7-12-22-19-35(22,32(44)39-50(46,47)24-15-16-24)38-29(41)26-18-23(20-40(26)31(25)43)36-30(42)28-17-21-11-9-10-14-27(21)49-28/h7,9-12,14,17,22-26H,4-6,8,13,15-16,18-20H2,1-3H3,(H,36,42)(H,37,45)(H,38,41)(H,39,44)/t22-,23-,25-,26+,35-/m1/s1. The maximum Gasteiger partial charge on any atom is 0.408 e. The van der Waals surface area contributed by atoms with E-state index in [1.807, 2.05) is 36.4 Å². The second kappa shape index (κ2) is 14.0. The van der Waals surface area contributed by atoms with Gasteiger partial charge in [-0.2, -0.15) is 0 Å². The van der Waals surface area contributed by atoms with Gasteiger partial charge in [0.1, 0.15) is 23.2 Å². The number of hydrogen-bond donors (Lipinski definition) is 4. The lowest BCUT2D eigenvalue weighted by Crippen LogP contribution is -2.58. The van der Waals surface area contributed by atoms with Crippen LogP contribution in [0.1, 0.15) is 88.2 Å². The van der Waals surface area contributed by atoms with E-state index in [0.717, 1.165) is 22.9 Å². The summed E-state index contributed by atoms with van der Waals surface area (Å²) >= 11 is 1.34. The lowest BCUT2D eigenvalue weighted by molar-refractivity contribution is -0.141. The quantitative estimate of drug-likeness (QED) is 0.327. The molecule has 6 rings (SSSR count). The van der Waals surface area contributed by atoms with Crippen molar-refractivity contribution in [3.8, 4) is 0 Å². The van der Waals surface area contributed by atoms with Gasteiger partial charge in [0.05, 0.1) is 10.1 Å². The van der Waals surface area contributed by atoms with Gasteiger partial charge in [-0.05, 0) is 83.2 Å². The maximum atomic E-state index is 14.3. The van der Waals surface area contributed by atoms with Crippen molar-refractivity contribution in [1.29, 1.82) is 0 Å². The number of carbonyl (C=O) groups is 5. The van der Waals surface area contributed by atoms with Gasteiger partial charge < -0.3 is 25.6 Å². The smallest absolute Gasteiger partial charge is 0.408 e. The van der Waals surface area contributed by atoms with E-state index in [4.69, 9.17) is 4.74 Å². The second-order valence-electron chi connectivity index (χ2n) is 14.8. The third-order valence-corrected chi connectivity index (χ3v) is 12.5. The predicted molar refractivity (Wildman–Crippen MR) is 188 cm³/mol. The molecule has 270 valence electrons. The Morgan fingerprint density at radius 1 is 1.04 bits per heavy atom. The Kier molecular flexibility index (Phi) is 10.0. The number of ether oxygens (including phenoxy) is 1. The average Bonchev–Trinajstić information content (AvgIpc) is 3.92. The Hall–Kier alpha value is -3.98. The molecule has 50 heavy (non-hydrogen) atoms. The number of benzene rings is 1. The Labute approximate surface area is 296 Å². The molecule has 0 spiro atoms. The number of nitrogens with zero attached hydrogens (tertiary/aromatic N) is 1. The van der Waals surface area contributed by atoms with Crippen LogP contribution in [0.5, 0.6) is 0 Å². The van der Waals surface area contributed by atoms with Crippen LogP contribution in [0.2, 0.25) is 0 Å². The molecule has 13 nitrogen and oxygen atoms in total. The van der Waals surface area contributed by atoms with Crippen LogP contribution < -0.4 is 20.7 Å². The molecule has 3 fully saturated rings. The van der Waals surface area contributed by atoms with Crippen LogP contribution in [0, 0.1) is 5.92 Å². The van der Waals surface area contributed by atoms with Gasteiger partial charge in [-0.1, -0.05) is 43.2 Å². The largest absolute Gasteiger partial charge is 0.444 e. The molecule has 2 aromatic rings. The molecule has 1 saturated heterocycles. The highest BCUT2D eigenvalue weighted by molar-refractivity contribution is 7.91. The van der Waals surface area contributed by atoms with Crippen LogP contribution >= 0.6 is 11.3 Å². The van der Waals surface area contributed by atoms with E-state index >= 15 is 0 Å². The molecule has 15 heteroatoms. The van der Waals surface area contributed by atoms with Crippen molar-refractivity contribution in [1.82, 2.24) is 25.6 Å². The van der Waals surface area contributed by atoms with Crippen molar-refractivity contribution in [3.05, 3.63) is 47.4 Å². The Morgan fingerprint density at radius 3 is 2.52 bits per heavy atom. The molecule has 4 aliphatic rings. The first kappa shape index (κ1) is 35.8. The van der Waals surface area contributed by atoms with Gasteiger partial charge in [0, 0.05) is 23.2 Å². The number of nitrogens with one attached hydrogen (secondary N) is 4. The highest BCUT2D eigenvalue weighted by Crippen LogP contribution is 2.46. The van der Waals surface area contributed by atoms with Crippen molar-refractivity contribution in [2.45, 2.75) is 113 Å². The summed E-state index contributed by atoms with van der Waals surface area (Å²) in [6, 6.07) is 6.67. The van der Waals surface area contributed by atoms with Gasteiger partial charge in [0.25, 0.3) is 11.8 Å². The third kappa shape index (κ3) is 8.14. The summed E-state index contributed by atoms with van der Waals surface area (Å²) in [5, 5.41) is 8.83. The molecule has 1 aromatic carbocycles. The molecule has 0 radical (unpaired) electrons. The SMILES string of the molecule is CC(C)(C)OC(=O)N[C@@H]1CCCCCC=C[C@@H]2C[C@@]2(C(=O)NS(=O)(=O)C2CC2)NC(=O)[C@@H]2C[C@@H](NC(=O)c3cc4ccccc4s3)CN2C1=O. The van der Waals surface area contributed by atoms with Crippen LogP contribution in [-0.4, -0.2) is 84.1 Å². The van der Waals surface area contributed by atoms with Crippen LogP contribution in [0.4, 0.5) is 4.79 Å². The van der Waals surface area contributed by atoms with Gasteiger partial charge in [-0.25, -0.2) is 13.2 Å². The monoisotopic (exact) mass is 727 g/mol. The molecule has 5 amide bonds. The van der Waals surface area contributed by atoms with Gasteiger partial charge in [-0.3, -0.25) is 23.9 Å². The van der Waals surface area contributed by atoms with Crippen LogP contribution in [0.25, 0.3) is 10.1 Å². The van der Waals surface area contributed by atoms with E-state index < -0.39 is 74.3 Å². The summed E-state index contributed by atoms with van der Waals surface area (Å²) in [5.41, 5.74) is -2.31. The number of amides is 5. The molecule has 5 atom stereocenters. The van der Waals surface area contributed by atoms with Crippen LogP contribution in [0.15, 0.2) is 42.5 Å². The number of sulfonamides is 1. The molecule has 2 saturated carbocycles. The van der Waals surface area contributed by atoms with Crippen molar-refractivity contribution in [3.63, 3.8) is 0 Å². The molecule has 2 aliphatic heterocycles. The van der Waals surface area contributed by atoms with Gasteiger partial charge >= 0.3 is 6.09 Å². The van der Waals surface area contributed by atoms with Crippen LogP contribution in [0.3, 0.4) is 0 Å². The third-order valence-electron chi connectivity index (χ3n) is 9.56. The fourth-order valence-corrected chi connectivity index (χ4v) is 9.03. The fourth-order valence-electron chi connectivity index (χ4n) is 6.71. The maximum absolute atomic E-state index is 14.3. The highest BCUT2D eigenvalue weighted by Gasteiger charge is 2.62. The van der Waals surface area contributed by atoms with E-state index in [1.165, 1.54) is 16.2 Å². The lowest BCUT2D eigenvalue weighted by Gasteiger charge is -2.30. The van der Waals surface area contributed by atoms with Gasteiger partial charge in [0.15, 0.2) is 0 Å². The number of thiophene rings is 1. The van der Waals surface area contributed by atoms with E-state index in [0.29, 0.717) is 37.0 Å². The van der Waals surface area contributed by atoms with E-state index in [9.17, 15) is 32.4 Å². The van der Waals surface area contributed by atoms with E-state index in [-0.39, 0.29) is 25.3 Å². The minimum atomic E-state index is -3.89. The molecule has 0 unspecified atom stereocenters. The zero-order valence-corrected chi connectivity index (χ0v) is 30.2. The zero-order valence-electron chi connectivity index (χ0n) is 28.5. The first-order chi connectivity index (χ1) is 23.6. The van der Waals surface area contributed by atoms with Gasteiger partial charge in [-0.15, -0.1) is 11.3 Å². The molecular weight excluding hydrogens is 683 g/mol. The number of carbonyl (C=O) groups excluding carboxylic acids is 5. The minimum absolute atomic E-state index is 0.0152. The summed E-state index contributed by atoms with van der Waals surface area (Å²) in [4.78, 5) is 70.2. The van der Waals surface area contributed by atoms with E-state index in [2.05, 4.69) is 20.7 Å². The summed E-state index contributed by atoms with van der Waals surface area (Å²) in [6.07, 6.45) is 7.37. The number of allylic oxidation sites excluding steroid dienone is 1. The Balaban J connectivity index is 1.27. The molecular formula is C35H45N5O8S2. The lowest BCUT2D eigenvalue weighted by atomic mass is 10.0. The van der Waals surface area contributed by atoms with Crippen molar-refractivity contribution in [2.75, 3.05) is 6.54 Å². The summed E-state index contributed by atoms with van der Waals surface area (Å²) < 4.78 is 34.1. The number of rotatable bonds is 6. The summed E-state index contributed by atoms with van der Waals surface area (Å²) in [5.74, 6) is -2.72. The number of hydrogen-bond acceptors (Lipinski definition) is 9. The highest BCUT2D eigenvalue weighted by atomic mass is 32.2. The minimum Gasteiger partial charge on any atom is -0.444 e. The molecule has 0 bridgehead atoms. The Morgan fingerprint density at radius 2 is 1.80 bits per heavy atom. The van der Waals surface area contributed by atoms with Gasteiger partial charge in [0.2, 0.25) is 21.8 Å². The predicted octanol–water partition coefficient (Wildman–Crippen LogP) is 3.50. The van der Waals surface area contributed by atoms with E-state index in [1.54, 1.807) is 26.8 Å². The summed E-state index contributed by atoms with van der Waals surface area (Å²) in [6.45, 7) is 5.14. The first-order valence-corrected chi connectivity index (χ1v) is 19.7. The molecule has 2 aliphatic carbocycles. The topological polar surface area (TPSA) is 180 Å². The second-order valence-corrected chi connectivity index (χ2v) is 17.8. The van der Waals surface area contributed by atoms with Crippen molar-refractivity contribution >= 4 is 61.2 Å². The normalized spacial score (nSPS) is 27.6. The number of alkyl carbamates (subject to hydrolysis) is 1. The van der Waals surface area contributed by atoms with Crippen molar-refractivity contribution < 1.29 is 37.1 Å².